The number of amides is 1. The van der Waals surface area contributed by atoms with Gasteiger partial charge in [-0.1, -0.05) is 34.1 Å². The lowest BCUT2D eigenvalue weighted by Gasteiger charge is -2.08. The number of carbonyl (C=O) groups is 1. The third-order valence-electron chi connectivity index (χ3n) is 3.43. The fourth-order valence-corrected chi connectivity index (χ4v) is 5.23. The minimum absolute atomic E-state index is 0.0785. The minimum atomic E-state index is -0.619. The maximum atomic E-state index is 13.4. The van der Waals surface area contributed by atoms with Crippen LogP contribution in [0.25, 0.3) is 0 Å². The Balaban J connectivity index is 1.63. The molecular formula is C15H19F2NOS2. The van der Waals surface area contributed by atoms with Crippen LogP contribution in [0.3, 0.4) is 0 Å². The average Bonchev–Trinajstić information content (AvgIpc) is 2.96. The molecule has 1 N–H and O–H groups in total. The summed E-state index contributed by atoms with van der Waals surface area (Å²) in [5, 5.41) is 3.31. The molecule has 0 saturated carbocycles. The molecule has 0 aromatic heterocycles. The highest BCUT2D eigenvalue weighted by atomic mass is 33.1. The van der Waals surface area contributed by atoms with Gasteiger partial charge in [-0.05, 0) is 31.4 Å². The van der Waals surface area contributed by atoms with Crippen molar-refractivity contribution >= 4 is 27.5 Å². The summed E-state index contributed by atoms with van der Waals surface area (Å²) >= 11 is 0. The molecule has 1 aromatic rings. The molecule has 6 heteroatoms. The van der Waals surface area contributed by atoms with E-state index in [-0.39, 0.29) is 18.0 Å². The molecule has 2 rings (SSSR count). The molecule has 0 aliphatic carbocycles. The summed E-state index contributed by atoms with van der Waals surface area (Å²) in [7, 11) is 3.87. The predicted molar refractivity (Wildman–Crippen MR) is 85.1 cm³/mol. The first-order valence-corrected chi connectivity index (χ1v) is 9.53. The Hall–Kier alpha value is -0.750. The largest absolute Gasteiger partial charge is 0.352 e. The van der Waals surface area contributed by atoms with E-state index in [1.165, 1.54) is 30.4 Å². The van der Waals surface area contributed by atoms with Gasteiger partial charge in [0, 0.05) is 29.5 Å². The first kappa shape index (κ1) is 16.6. The Morgan fingerprint density at radius 2 is 2.05 bits per heavy atom. The summed E-state index contributed by atoms with van der Waals surface area (Å²) in [5.41, 5.74) is -0.0785. The number of rotatable bonds is 7. The van der Waals surface area contributed by atoms with Gasteiger partial charge < -0.3 is 5.32 Å². The van der Waals surface area contributed by atoms with Crippen molar-refractivity contribution < 1.29 is 13.6 Å². The van der Waals surface area contributed by atoms with Crippen LogP contribution in [0.15, 0.2) is 18.2 Å². The van der Waals surface area contributed by atoms with Gasteiger partial charge in [-0.15, -0.1) is 0 Å². The normalized spacial score (nSPS) is 17.9. The van der Waals surface area contributed by atoms with E-state index in [9.17, 15) is 13.6 Å². The smallest absolute Gasteiger partial charge is 0.220 e. The van der Waals surface area contributed by atoms with Gasteiger partial charge >= 0.3 is 0 Å². The molecule has 1 atom stereocenters. The summed E-state index contributed by atoms with van der Waals surface area (Å²) in [4.78, 5) is 11.7. The maximum absolute atomic E-state index is 13.4. The zero-order valence-corrected chi connectivity index (χ0v) is 13.4. The van der Waals surface area contributed by atoms with E-state index < -0.39 is 11.6 Å². The number of unbranched alkanes of at least 4 members (excludes halogenated alkanes) is 1. The zero-order valence-electron chi connectivity index (χ0n) is 11.7. The van der Waals surface area contributed by atoms with Crippen molar-refractivity contribution in [3.05, 3.63) is 35.4 Å². The van der Waals surface area contributed by atoms with Crippen LogP contribution in [0.2, 0.25) is 0 Å². The van der Waals surface area contributed by atoms with E-state index in [0.29, 0.717) is 6.42 Å². The fraction of sp³-hybridized carbons (Fsp3) is 0.533. The van der Waals surface area contributed by atoms with Crippen molar-refractivity contribution in [3.63, 3.8) is 0 Å². The van der Waals surface area contributed by atoms with Gasteiger partial charge in [-0.25, -0.2) is 8.78 Å². The Kier molecular flexibility index (Phi) is 6.83. The van der Waals surface area contributed by atoms with Gasteiger partial charge in [-0.2, -0.15) is 0 Å². The van der Waals surface area contributed by atoms with Crippen molar-refractivity contribution in [2.45, 2.75) is 43.9 Å². The summed E-state index contributed by atoms with van der Waals surface area (Å²) in [6.45, 7) is -0.0908. The highest BCUT2D eigenvalue weighted by Crippen LogP contribution is 2.39. The van der Waals surface area contributed by atoms with Crippen LogP contribution in [-0.2, 0) is 11.3 Å². The van der Waals surface area contributed by atoms with Crippen LogP contribution in [0, 0.1) is 11.6 Å². The van der Waals surface area contributed by atoms with Crippen molar-refractivity contribution in [1.82, 2.24) is 5.32 Å². The molecule has 0 spiro atoms. The quantitative estimate of drug-likeness (QED) is 0.597. The first-order valence-electron chi connectivity index (χ1n) is 7.14. The SMILES string of the molecule is O=C(CCCCC1CCSS1)NCc1c(F)cccc1F. The molecule has 1 unspecified atom stereocenters. The van der Waals surface area contributed by atoms with Crippen molar-refractivity contribution in [2.75, 3.05) is 5.75 Å². The monoisotopic (exact) mass is 331 g/mol. The molecule has 1 aromatic carbocycles. The number of carbonyl (C=O) groups excluding carboxylic acids is 1. The number of benzene rings is 1. The topological polar surface area (TPSA) is 29.1 Å². The number of nitrogens with one attached hydrogen (secondary N) is 1. The van der Waals surface area contributed by atoms with E-state index in [1.54, 1.807) is 0 Å². The molecule has 1 heterocycles. The number of hydrogen-bond acceptors (Lipinski definition) is 3. The lowest BCUT2D eigenvalue weighted by Crippen LogP contribution is -2.23. The highest BCUT2D eigenvalue weighted by molar-refractivity contribution is 8.77. The van der Waals surface area contributed by atoms with Gasteiger partial charge in [-0.3, -0.25) is 4.79 Å². The Morgan fingerprint density at radius 3 is 2.71 bits per heavy atom. The minimum Gasteiger partial charge on any atom is -0.352 e. The molecular weight excluding hydrogens is 312 g/mol. The summed E-state index contributed by atoms with van der Waals surface area (Å²) in [5.74, 6) is -0.160. The summed E-state index contributed by atoms with van der Waals surface area (Å²) in [6, 6.07) is 3.71. The predicted octanol–water partition coefficient (Wildman–Crippen LogP) is 4.30. The van der Waals surface area contributed by atoms with Crippen LogP contribution in [0.1, 0.15) is 37.7 Å². The molecule has 0 radical (unpaired) electrons. The maximum Gasteiger partial charge on any atom is 0.220 e. The number of halogens is 2. The Bertz CT molecular complexity index is 458. The third kappa shape index (κ3) is 5.51. The molecule has 0 bridgehead atoms. The standard InChI is InChI=1S/C15H19F2NOS2/c16-13-5-3-6-14(17)12(13)10-18-15(19)7-2-1-4-11-8-9-20-21-11/h3,5-6,11H,1-2,4,7-10H2,(H,18,19). The van der Waals surface area contributed by atoms with Gasteiger partial charge in [0.2, 0.25) is 5.91 Å². The number of hydrogen-bond donors (Lipinski definition) is 1. The van der Waals surface area contributed by atoms with Gasteiger partial charge in [0.25, 0.3) is 0 Å². The first-order chi connectivity index (χ1) is 10.2. The van der Waals surface area contributed by atoms with E-state index in [4.69, 9.17) is 0 Å². The van der Waals surface area contributed by atoms with Gasteiger partial charge in [0.1, 0.15) is 11.6 Å². The second-order valence-corrected chi connectivity index (χ2v) is 7.84. The van der Waals surface area contributed by atoms with Gasteiger partial charge in [0.05, 0.1) is 0 Å². The average molecular weight is 331 g/mol. The second-order valence-electron chi connectivity index (χ2n) is 5.05. The molecule has 1 aliphatic heterocycles. The van der Waals surface area contributed by atoms with Crippen molar-refractivity contribution in [3.8, 4) is 0 Å². The molecule has 1 fully saturated rings. The molecule has 2 nitrogen and oxygen atoms in total. The highest BCUT2D eigenvalue weighted by Gasteiger charge is 2.16. The molecule has 1 aliphatic rings. The summed E-state index contributed by atoms with van der Waals surface area (Å²) in [6.07, 6.45) is 4.68. The lowest BCUT2D eigenvalue weighted by atomic mass is 10.1. The van der Waals surface area contributed by atoms with E-state index >= 15 is 0 Å². The van der Waals surface area contributed by atoms with Crippen LogP contribution in [0.4, 0.5) is 8.78 Å². The fourth-order valence-electron chi connectivity index (χ4n) is 2.20. The van der Waals surface area contributed by atoms with Crippen LogP contribution < -0.4 is 5.32 Å². The lowest BCUT2D eigenvalue weighted by molar-refractivity contribution is -0.121. The Labute approximate surface area is 131 Å². The van der Waals surface area contributed by atoms with E-state index in [0.717, 1.165) is 24.5 Å². The Morgan fingerprint density at radius 1 is 1.29 bits per heavy atom. The molecule has 1 saturated heterocycles. The molecule has 21 heavy (non-hydrogen) atoms. The van der Waals surface area contributed by atoms with Crippen LogP contribution in [-0.4, -0.2) is 16.9 Å². The molecule has 1 amide bonds. The van der Waals surface area contributed by atoms with Crippen LogP contribution in [0.5, 0.6) is 0 Å². The molecule has 116 valence electrons. The third-order valence-corrected chi connectivity index (χ3v) is 6.44. The second kappa shape index (κ2) is 8.63. The van der Waals surface area contributed by atoms with E-state index in [2.05, 4.69) is 5.32 Å². The van der Waals surface area contributed by atoms with E-state index in [1.807, 2.05) is 21.6 Å². The summed E-state index contributed by atoms with van der Waals surface area (Å²) < 4.78 is 26.8. The zero-order chi connectivity index (χ0) is 15.1. The van der Waals surface area contributed by atoms with Crippen molar-refractivity contribution in [2.24, 2.45) is 0 Å². The van der Waals surface area contributed by atoms with Gasteiger partial charge in [0.15, 0.2) is 0 Å². The van der Waals surface area contributed by atoms with Crippen molar-refractivity contribution in [1.29, 1.82) is 0 Å². The van der Waals surface area contributed by atoms with Crippen LogP contribution >= 0.6 is 21.6 Å².